The van der Waals surface area contributed by atoms with Crippen molar-refractivity contribution in [3.63, 3.8) is 0 Å². The van der Waals surface area contributed by atoms with Gasteiger partial charge in [0.25, 0.3) is 0 Å². The number of benzene rings is 2. The van der Waals surface area contributed by atoms with Crippen molar-refractivity contribution in [3.05, 3.63) is 58.6 Å². The summed E-state index contributed by atoms with van der Waals surface area (Å²) in [6.45, 7) is 6.83. The molecule has 2 nitrogen and oxygen atoms in total. The first-order valence-corrected chi connectivity index (χ1v) is 8.64. The zero-order chi connectivity index (χ0) is 16.1. The smallest absolute Gasteiger partial charge is 0.187 e. The maximum absolute atomic E-state index is 12.5. The first-order valence-electron chi connectivity index (χ1n) is 7.26. The Balaban J connectivity index is 0.00000264. The van der Waals surface area contributed by atoms with Gasteiger partial charge in [0.15, 0.2) is 5.52 Å². The molecule has 5 heteroatoms. The SMILES string of the molecule is Cc1cccc(Cl)c1C(=O)Pc1ccc(OCC(C)C)cc1.[Li]. The van der Waals surface area contributed by atoms with E-state index >= 15 is 0 Å². The van der Waals surface area contributed by atoms with Crippen LogP contribution in [0.15, 0.2) is 42.5 Å². The predicted molar refractivity (Wildman–Crippen MR) is 101 cm³/mol. The molecule has 2 aromatic rings. The molecule has 0 fully saturated rings. The van der Waals surface area contributed by atoms with Crippen molar-refractivity contribution >= 4 is 49.9 Å². The Kier molecular flexibility index (Phi) is 8.38. The molecule has 0 saturated carbocycles. The summed E-state index contributed by atoms with van der Waals surface area (Å²) in [6.07, 6.45) is 0. The number of hydrogen-bond donors (Lipinski definition) is 0. The summed E-state index contributed by atoms with van der Waals surface area (Å²) in [7, 11) is 0.0633. The topological polar surface area (TPSA) is 26.3 Å². The second-order valence-corrected chi connectivity index (χ2v) is 7.30. The van der Waals surface area contributed by atoms with Gasteiger partial charge in [0.2, 0.25) is 0 Å². The van der Waals surface area contributed by atoms with E-state index in [-0.39, 0.29) is 33.0 Å². The van der Waals surface area contributed by atoms with E-state index in [4.69, 9.17) is 16.3 Å². The summed E-state index contributed by atoms with van der Waals surface area (Å²) in [6, 6.07) is 13.2. The van der Waals surface area contributed by atoms with Crippen molar-refractivity contribution in [1.29, 1.82) is 0 Å². The molecule has 0 N–H and O–H groups in total. The number of ether oxygens (including phenoxy) is 1. The Morgan fingerprint density at radius 1 is 1.17 bits per heavy atom. The maximum atomic E-state index is 12.5. The number of hydrogen-bond acceptors (Lipinski definition) is 2. The van der Waals surface area contributed by atoms with E-state index in [1.807, 2.05) is 43.3 Å². The molecule has 2 rings (SSSR count). The van der Waals surface area contributed by atoms with Crippen LogP contribution >= 0.6 is 20.2 Å². The number of rotatable bonds is 6. The standard InChI is InChI=1S/C18H20ClO2P.Li/c1-12(2)11-21-14-7-9-15(10-8-14)22-18(20)17-13(3)5-4-6-16(17)19;/h4-10,12,22H,11H2,1-3H3;. The zero-order valence-corrected chi connectivity index (χ0v) is 15.8. The van der Waals surface area contributed by atoms with Crippen LogP contribution in [0.1, 0.15) is 29.8 Å². The Bertz CT molecular complexity index is 636. The second-order valence-electron chi connectivity index (χ2n) is 5.62. The summed E-state index contributed by atoms with van der Waals surface area (Å²) < 4.78 is 5.65. The van der Waals surface area contributed by atoms with Gasteiger partial charge in [-0.1, -0.05) is 49.7 Å². The summed E-state index contributed by atoms with van der Waals surface area (Å²) >= 11 is 6.15. The summed E-state index contributed by atoms with van der Waals surface area (Å²) in [5.41, 5.74) is 1.61. The van der Waals surface area contributed by atoms with E-state index in [1.165, 1.54) is 0 Å². The summed E-state index contributed by atoms with van der Waals surface area (Å²) in [5, 5.41) is 1.51. The minimum Gasteiger partial charge on any atom is -0.493 e. The van der Waals surface area contributed by atoms with E-state index in [2.05, 4.69) is 13.8 Å². The number of aryl methyl sites for hydroxylation is 1. The number of halogens is 1. The normalized spacial score (nSPS) is 10.8. The molecule has 0 aromatic heterocycles. The van der Waals surface area contributed by atoms with Gasteiger partial charge in [0.1, 0.15) is 5.75 Å². The number of carbonyl (C=O) groups is 1. The van der Waals surface area contributed by atoms with Crippen molar-refractivity contribution in [2.24, 2.45) is 5.92 Å². The van der Waals surface area contributed by atoms with Gasteiger partial charge in [-0.25, -0.2) is 0 Å². The van der Waals surface area contributed by atoms with Gasteiger partial charge in [-0.15, -0.1) is 0 Å². The molecule has 1 radical (unpaired) electrons. The maximum Gasteiger partial charge on any atom is 0.187 e. The van der Waals surface area contributed by atoms with Gasteiger partial charge in [0, 0.05) is 24.4 Å². The van der Waals surface area contributed by atoms with Crippen LogP contribution in [-0.2, 0) is 0 Å². The minimum absolute atomic E-state index is 0. The Morgan fingerprint density at radius 2 is 1.83 bits per heavy atom. The molecule has 0 heterocycles. The molecule has 1 unspecified atom stereocenters. The molecule has 0 amide bonds. The van der Waals surface area contributed by atoms with E-state index in [1.54, 1.807) is 6.07 Å². The molecule has 0 aliphatic heterocycles. The van der Waals surface area contributed by atoms with Gasteiger partial charge in [-0.05, 0) is 50.5 Å². The van der Waals surface area contributed by atoms with E-state index in [0.717, 1.165) is 16.6 Å². The average Bonchev–Trinajstić information content (AvgIpc) is 2.46. The third kappa shape index (κ3) is 5.98. The second kappa shape index (κ2) is 9.51. The fourth-order valence-corrected chi connectivity index (χ4v) is 3.45. The molecule has 23 heavy (non-hydrogen) atoms. The predicted octanol–water partition coefficient (Wildman–Crippen LogP) is 4.45. The zero-order valence-electron chi connectivity index (χ0n) is 14.0. The fraction of sp³-hybridized carbons (Fsp3) is 0.278. The van der Waals surface area contributed by atoms with E-state index < -0.39 is 0 Å². The van der Waals surface area contributed by atoms with Crippen LogP contribution in [0.4, 0.5) is 0 Å². The van der Waals surface area contributed by atoms with E-state index in [0.29, 0.717) is 23.1 Å². The molecule has 0 saturated heterocycles. The Labute approximate surface area is 156 Å². The van der Waals surface area contributed by atoms with Gasteiger partial charge in [-0.2, -0.15) is 0 Å². The largest absolute Gasteiger partial charge is 0.493 e. The summed E-state index contributed by atoms with van der Waals surface area (Å²) in [5.74, 6) is 1.33. The first kappa shape index (κ1) is 20.3. The molecule has 0 spiro atoms. The third-order valence-electron chi connectivity index (χ3n) is 3.14. The van der Waals surface area contributed by atoms with E-state index in [9.17, 15) is 4.79 Å². The van der Waals surface area contributed by atoms with Crippen molar-refractivity contribution < 1.29 is 9.53 Å². The third-order valence-corrected chi connectivity index (χ3v) is 4.56. The van der Waals surface area contributed by atoms with Crippen molar-refractivity contribution in [2.45, 2.75) is 20.8 Å². The Morgan fingerprint density at radius 3 is 2.39 bits per heavy atom. The van der Waals surface area contributed by atoms with Crippen LogP contribution in [0, 0.1) is 12.8 Å². The van der Waals surface area contributed by atoms with Gasteiger partial charge in [0.05, 0.1) is 11.6 Å². The van der Waals surface area contributed by atoms with Crippen LogP contribution in [0.5, 0.6) is 5.75 Å². The molecule has 0 aliphatic carbocycles. The van der Waals surface area contributed by atoms with Crippen molar-refractivity contribution in [3.8, 4) is 5.75 Å². The molecule has 1 atom stereocenters. The summed E-state index contributed by atoms with van der Waals surface area (Å²) in [4.78, 5) is 12.5. The monoisotopic (exact) mass is 341 g/mol. The molecular weight excluding hydrogens is 322 g/mol. The average molecular weight is 342 g/mol. The fourth-order valence-electron chi connectivity index (χ4n) is 2.01. The van der Waals surface area contributed by atoms with Crippen molar-refractivity contribution in [2.75, 3.05) is 6.61 Å². The van der Waals surface area contributed by atoms with Crippen LogP contribution < -0.4 is 10.0 Å². The van der Waals surface area contributed by atoms with Crippen LogP contribution in [0.2, 0.25) is 5.02 Å². The Hall–Kier alpha value is -0.773. The molecule has 0 bridgehead atoms. The molecule has 2 aromatic carbocycles. The van der Waals surface area contributed by atoms with Crippen LogP contribution in [0.3, 0.4) is 0 Å². The van der Waals surface area contributed by atoms with Crippen molar-refractivity contribution in [1.82, 2.24) is 0 Å². The van der Waals surface area contributed by atoms with Gasteiger partial charge >= 0.3 is 0 Å². The molecule has 0 aliphatic rings. The number of carbonyl (C=O) groups excluding carboxylic acids is 1. The van der Waals surface area contributed by atoms with Gasteiger partial charge in [-0.3, -0.25) is 4.79 Å². The van der Waals surface area contributed by atoms with Gasteiger partial charge < -0.3 is 4.74 Å². The quantitative estimate of drug-likeness (QED) is 0.573. The minimum atomic E-state index is 0. The molecule has 117 valence electrons. The molecular formula is C18H20ClLiO2P. The first-order chi connectivity index (χ1) is 10.5. The van der Waals surface area contributed by atoms with Crippen LogP contribution in [-0.4, -0.2) is 31.0 Å². The van der Waals surface area contributed by atoms with Crippen LogP contribution in [0.25, 0.3) is 0 Å².